The number of ether oxygens (including phenoxy) is 2. The van der Waals surface area contributed by atoms with Gasteiger partial charge in [-0.2, -0.15) is 0 Å². The van der Waals surface area contributed by atoms with Gasteiger partial charge in [0.2, 0.25) is 5.91 Å². The Kier molecular flexibility index (Phi) is 7.98. The molecule has 2 aromatic rings. The third-order valence-corrected chi connectivity index (χ3v) is 6.58. The van der Waals surface area contributed by atoms with E-state index in [1.807, 2.05) is 0 Å². The highest BCUT2D eigenvalue weighted by molar-refractivity contribution is 6.36. The van der Waals surface area contributed by atoms with Gasteiger partial charge >= 0.3 is 0 Å². The number of nitrogens with one attached hydrogen (secondary N) is 3. The van der Waals surface area contributed by atoms with Crippen LogP contribution in [0.1, 0.15) is 12.8 Å². The van der Waals surface area contributed by atoms with Crippen molar-refractivity contribution in [3.05, 3.63) is 34.2 Å². The lowest BCUT2D eigenvalue weighted by Crippen LogP contribution is -2.33. The first-order valence-corrected chi connectivity index (χ1v) is 11.6. The van der Waals surface area contributed by atoms with Crippen LogP contribution >= 0.6 is 23.2 Å². The van der Waals surface area contributed by atoms with E-state index in [1.165, 1.54) is 12.3 Å². The van der Waals surface area contributed by atoms with E-state index in [2.05, 4.69) is 25.9 Å². The third kappa shape index (κ3) is 5.73. The second kappa shape index (κ2) is 10.9. The van der Waals surface area contributed by atoms with Crippen LogP contribution in [0, 0.1) is 17.7 Å². The maximum atomic E-state index is 14.5. The Morgan fingerprint density at radius 2 is 2.06 bits per heavy atom. The summed E-state index contributed by atoms with van der Waals surface area (Å²) in [5.74, 6) is -0.339. The summed E-state index contributed by atoms with van der Waals surface area (Å²) in [5, 5.41) is 9.40. The van der Waals surface area contributed by atoms with Crippen molar-refractivity contribution in [3.8, 4) is 11.3 Å². The van der Waals surface area contributed by atoms with E-state index < -0.39 is 5.82 Å². The zero-order valence-electron chi connectivity index (χ0n) is 18.2. The lowest BCUT2D eigenvalue weighted by atomic mass is 10.0. The summed E-state index contributed by atoms with van der Waals surface area (Å²) in [6.07, 6.45) is 3.02. The first-order chi connectivity index (χ1) is 16.0. The molecule has 178 valence electrons. The van der Waals surface area contributed by atoms with Crippen molar-refractivity contribution in [1.29, 1.82) is 0 Å². The van der Waals surface area contributed by atoms with Gasteiger partial charge in [-0.15, -0.1) is 0 Å². The molecule has 8 nitrogen and oxygen atoms in total. The molecule has 0 saturated carbocycles. The Labute approximate surface area is 201 Å². The Morgan fingerprint density at radius 3 is 2.82 bits per heavy atom. The van der Waals surface area contributed by atoms with Gasteiger partial charge in [-0.1, -0.05) is 23.2 Å². The summed E-state index contributed by atoms with van der Waals surface area (Å²) < 4.78 is 25.3. The first-order valence-electron chi connectivity index (χ1n) is 10.8. The average Bonchev–Trinajstić information content (AvgIpc) is 3.30. The molecule has 0 radical (unpaired) electrons. The van der Waals surface area contributed by atoms with Gasteiger partial charge in [0, 0.05) is 51.7 Å². The van der Waals surface area contributed by atoms with E-state index in [0.717, 1.165) is 12.8 Å². The number of carbonyl (C=O) groups excluding carboxylic acids is 1. The number of pyridine rings is 2. The molecule has 0 unspecified atom stereocenters. The molecule has 2 aromatic heterocycles. The highest BCUT2D eigenvalue weighted by atomic mass is 35.5. The Morgan fingerprint density at radius 1 is 1.27 bits per heavy atom. The third-order valence-electron chi connectivity index (χ3n) is 5.99. The normalized spacial score (nSPS) is 21.2. The van der Waals surface area contributed by atoms with Crippen LogP contribution in [-0.2, 0) is 14.3 Å². The van der Waals surface area contributed by atoms with Crippen LogP contribution < -0.4 is 16.0 Å². The predicted octanol–water partition coefficient (Wildman–Crippen LogP) is 3.60. The molecule has 0 aliphatic carbocycles. The maximum Gasteiger partial charge on any atom is 0.232 e. The van der Waals surface area contributed by atoms with Crippen molar-refractivity contribution in [2.45, 2.75) is 18.9 Å². The molecule has 0 bridgehead atoms. The summed E-state index contributed by atoms with van der Waals surface area (Å²) in [7, 11) is 1.58. The van der Waals surface area contributed by atoms with Crippen LogP contribution in [0.15, 0.2) is 18.3 Å². The number of methoxy groups -OCH3 is 1. The lowest BCUT2D eigenvalue weighted by molar-refractivity contribution is -0.122. The number of carbonyl (C=O) groups is 1. The van der Waals surface area contributed by atoms with Gasteiger partial charge < -0.3 is 25.4 Å². The molecule has 3 N–H and O–H groups in total. The molecular weight excluding hydrogens is 472 g/mol. The Bertz CT molecular complexity index is 1010. The van der Waals surface area contributed by atoms with Crippen molar-refractivity contribution in [2.75, 3.05) is 50.6 Å². The number of nitrogens with zero attached hydrogens (tertiary/aromatic N) is 2. The average molecular weight is 498 g/mol. The van der Waals surface area contributed by atoms with Gasteiger partial charge in [0.25, 0.3) is 0 Å². The van der Waals surface area contributed by atoms with E-state index in [1.54, 1.807) is 13.2 Å². The molecule has 2 fully saturated rings. The van der Waals surface area contributed by atoms with Crippen LogP contribution in [0.25, 0.3) is 11.3 Å². The molecule has 1 amide bonds. The molecule has 2 saturated heterocycles. The van der Waals surface area contributed by atoms with Gasteiger partial charge in [0.05, 0.1) is 27.8 Å². The second-order valence-corrected chi connectivity index (χ2v) is 8.98. The number of hydrogen-bond acceptors (Lipinski definition) is 7. The summed E-state index contributed by atoms with van der Waals surface area (Å²) >= 11 is 12.7. The molecule has 2 atom stereocenters. The molecule has 33 heavy (non-hydrogen) atoms. The first kappa shape index (κ1) is 24.1. The van der Waals surface area contributed by atoms with Crippen molar-refractivity contribution < 1.29 is 18.7 Å². The smallest absolute Gasteiger partial charge is 0.232 e. The van der Waals surface area contributed by atoms with E-state index >= 15 is 0 Å². The monoisotopic (exact) mass is 497 g/mol. The minimum atomic E-state index is -0.547. The molecule has 4 heterocycles. The quantitative estimate of drug-likeness (QED) is 0.537. The van der Waals surface area contributed by atoms with E-state index in [0.29, 0.717) is 55.8 Å². The van der Waals surface area contributed by atoms with Crippen molar-refractivity contribution in [2.24, 2.45) is 11.8 Å². The fourth-order valence-corrected chi connectivity index (χ4v) is 4.48. The van der Waals surface area contributed by atoms with E-state index in [9.17, 15) is 9.18 Å². The Balaban J connectivity index is 1.54. The van der Waals surface area contributed by atoms with Gasteiger partial charge in [-0.3, -0.25) is 4.79 Å². The number of anilines is 2. The number of aromatic nitrogens is 2. The molecular formula is C22H26Cl2FN5O3. The van der Waals surface area contributed by atoms with E-state index in [4.69, 9.17) is 32.7 Å². The fourth-order valence-electron chi connectivity index (χ4n) is 4.04. The van der Waals surface area contributed by atoms with Crippen molar-refractivity contribution >= 4 is 40.7 Å². The highest BCUT2D eigenvalue weighted by Gasteiger charge is 2.33. The lowest BCUT2D eigenvalue weighted by Gasteiger charge is -2.22. The fraction of sp³-hybridized carbons (Fsp3) is 0.500. The van der Waals surface area contributed by atoms with E-state index in [-0.39, 0.29) is 33.8 Å². The maximum absolute atomic E-state index is 14.5. The molecule has 2 aliphatic heterocycles. The van der Waals surface area contributed by atoms with Crippen LogP contribution in [-0.4, -0.2) is 61.9 Å². The summed E-state index contributed by atoms with van der Waals surface area (Å²) in [4.78, 5) is 21.3. The highest BCUT2D eigenvalue weighted by Crippen LogP contribution is 2.35. The molecule has 11 heteroatoms. The SMILES string of the molecule is CO[C@H]1CNC[C@@H]1C(=O)Nc1cc(-c2nc(NCC3CCOCC3)c(F)cc2Cl)c(Cl)cn1. The zero-order valence-corrected chi connectivity index (χ0v) is 19.7. The molecule has 0 aromatic carbocycles. The number of amides is 1. The standard InChI is InChI=1S/C22H26Cl2FN5O3/c1-32-18-11-26-9-14(18)22(31)29-19-6-13(16(24)10-27-19)20-15(23)7-17(25)21(30-20)28-8-12-2-4-33-5-3-12/h6-7,10,12,14,18,26H,2-5,8-9,11H2,1H3,(H,28,30)(H,27,29,31)/t14-,18-/m0/s1. The minimum Gasteiger partial charge on any atom is -0.381 e. The van der Waals surface area contributed by atoms with Crippen LogP contribution in [0.5, 0.6) is 0 Å². The predicted molar refractivity (Wildman–Crippen MR) is 125 cm³/mol. The van der Waals surface area contributed by atoms with Crippen LogP contribution in [0.2, 0.25) is 10.0 Å². The summed E-state index contributed by atoms with van der Waals surface area (Å²) in [5.41, 5.74) is 0.738. The van der Waals surface area contributed by atoms with Gasteiger partial charge in [0.15, 0.2) is 11.6 Å². The number of hydrogen-bond donors (Lipinski definition) is 3. The minimum absolute atomic E-state index is 0.0966. The number of rotatable bonds is 7. The summed E-state index contributed by atoms with van der Waals surface area (Å²) in [6.45, 7) is 3.11. The zero-order chi connectivity index (χ0) is 23.4. The largest absolute Gasteiger partial charge is 0.381 e. The van der Waals surface area contributed by atoms with Crippen LogP contribution in [0.3, 0.4) is 0 Å². The topological polar surface area (TPSA) is 97.4 Å². The molecule has 2 aliphatic rings. The number of halogens is 3. The molecule has 0 spiro atoms. The second-order valence-electron chi connectivity index (χ2n) is 8.16. The van der Waals surface area contributed by atoms with Gasteiger partial charge in [-0.05, 0) is 30.9 Å². The van der Waals surface area contributed by atoms with Gasteiger partial charge in [0.1, 0.15) is 5.82 Å². The van der Waals surface area contributed by atoms with Crippen molar-refractivity contribution in [1.82, 2.24) is 15.3 Å². The van der Waals surface area contributed by atoms with Crippen LogP contribution in [0.4, 0.5) is 16.0 Å². The van der Waals surface area contributed by atoms with Crippen molar-refractivity contribution in [3.63, 3.8) is 0 Å². The molecule has 4 rings (SSSR count). The van der Waals surface area contributed by atoms with Gasteiger partial charge in [-0.25, -0.2) is 14.4 Å². The summed E-state index contributed by atoms with van der Waals surface area (Å²) in [6, 6.07) is 2.79. The Hall–Kier alpha value is -2.04.